The Labute approximate surface area is 196 Å². The molecule has 4 aromatic rings. The zero-order chi connectivity index (χ0) is 21.8. The van der Waals surface area contributed by atoms with Gasteiger partial charge in [-0.25, -0.2) is 4.98 Å². The smallest absolute Gasteiger partial charge is 0.115 e. The van der Waals surface area contributed by atoms with Crippen LogP contribution in [0.25, 0.3) is 22.4 Å². The molecule has 5 heteroatoms. The highest BCUT2D eigenvalue weighted by Crippen LogP contribution is 2.38. The minimum absolute atomic E-state index is 0.515. The van der Waals surface area contributed by atoms with E-state index in [-0.39, 0.29) is 0 Å². The topological polar surface area (TPSA) is 36.7 Å². The van der Waals surface area contributed by atoms with Crippen molar-refractivity contribution in [3.8, 4) is 28.5 Å². The zero-order valence-electron chi connectivity index (χ0n) is 16.8. The summed E-state index contributed by atoms with van der Waals surface area (Å²) in [7, 11) is 0. The summed E-state index contributed by atoms with van der Waals surface area (Å²) < 4.78 is 0. The Morgan fingerprint density at radius 2 is 1.55 bits per heavy atom. The van der Waals surface area contributed by atoms with Crippen LogP contribution >= 0.6 is 35.0 Å². The number of pyridine rings is 1. The fourth-order valence-corrected chi connectivity index (χ4v) is 4.79. The maximum Gasteiger partial charge on any atom is 0.115 e. The van der Waals surface area contributed by atoms with Crippen molar-refractivity contribution in [2.24, 2.45) is 0 Å². The van der Waals surface area contributed by atoms with Crippen LogP contribution in [-0.4, -0.2) is 4.98 Å². The molecule has 0 aliphatic rings. The molecule has 0 N–H and O–H groups in total. The summed E-state index contributed by atoms with van der Waals surface area (Å²) in [5, 5.41) is 12.0. The standard InChI is InChI=1S/C26H18Cl2N2S/c1-17-10-12-18(13-11-17)25-14-21(20-7-3-5-9-24(20)28)22(15-29)26(30-25)31-16-19-6-2-4-8-23(19)27/h2-14H,16H2,1H3. The summed E-state index contributed by atoms with van der Waals surface area (Å²) in [4.78, 5) is 4.86. The fraction of sp³-hybridized carbons (Fsp3) is 0.0769. The minimum atomic E-state index is 0.515. The third-order valence-electron chi connectivity index (χ3n) is 4.93. The van der Waals surface area contributed by atoms with E-state index < -0.39 is 0 Å². The summed E-state index contributed by atoms with van der Waals surface area (Å²) >= 11 is 14.3. The van der Waals surface area contributed by atoms with Gasteiger partial charge in [-0.05, 0) is 30.7 Å². The van der Waals surface area contributed by atoms with Crippen molar-refractivity contribution in [1.82, 2.24) is 4.98 Å². The molecule has 0 spiro atoms. The Kier molecular flexibility index (Phi) is 6.63. The van der Waals surface area contributed by atoms with E-state index in [0.29, 0.717) is 26.4 Å². The predicted molar refractivity (Wildman–Crippen MR) is 131 cm³/mol. The Hall–Kier alpha value is -2.77. The van der Waals surface area contributed by atoms with Gasteiger partial charge in [0.25, 0.3) is 0 Å². The molecule has 0 aliphatic carbocycles. The molecule has 0 amide bonds. The molecule has 3 aromatic carbocycles. The van der Waals surface area contributed by atoms with Gasteiger partial charge in [-0.3, -0.25) is 0 Å². The lowest BCUT2D eigenvalue weighted by molar-refractivity contribution is 1.12. The van der Waals surface area contributed by atoms with E-state index in [4.69, 9.17) is 28.2 Å². The lowest BCUT2D eigenvalue weighted by atomic mass is 9.99. The zero-order valence-corrected chi connectivity index (χ0v) is 19.1. The Morgan fingerprint density at radius 3 is 2.23 bits per heavy atom. The van der Waals surface area contributed by atoms with Crippen LogP contribution in [0, 0.1) is 18.3 Å². The van der Waals surface area contributed by atoms with Crippen LogP contribution in [0.2, 0.25) is 10.0 Å². The lowest BCUT2D eigenvalue weighted by Gasteiger charge is -2.14. The number of hydrogen-bond donors (Lipinski definition) is 0. The first kappa shape index (κ1) is 21.5. The highest BCUT2D eigenvalue weighted by atomic mass is 35.5. The van der Waals surface area contributed by atoms with Crippen molar-refractivity contribution in [2.45, 2.75) is 17.7 Å². The van der Waals surface area contributed by atoms with Gasteiger partial charge in [0.05, 0.1) is 11.3 Å². The average molecular weight is 461 g/mol. The van der Waals surface area contributed by atoms with Crippen LogP contribution in [0.3, 0.4) is 0 Å². The van der Waals surface area contributed by atoms with E-state index in [1.165, 1.54) is 17.3 Å². The summed E-state index contributed by atoms with van der Waals surface area (Å²) in [6.45, 7) is 2.05. The van der Waals surface area contributed by atoms with Gasteiger partial charge in [0.2, 0.25) is 0 Å². The molecule has 0 fully saturated rings. The normalized spacial score (nSPS) is 10.6. The highest BCUT2D eigenvalue weighted by molar-refractivity contribution is 7.98. The molecule has 0 aliphatic heterocycles. The molecule has 0 radical (unpaired) electrons. The van der Waals surface area contributed by atoms with E-state index in [1.54, 1.807) is 0 Å². The van der Waals surface area contributed by atoms with Gasteiger partial charge in [-0.2, -0.15) is 5.26 Å². The fourth-order valence-electron chi connectivity index (χ4n) is 3.26. The molecule has 0 atom stereocenters. The number of hydrogen-bond acceptors (Lipinski definition) is 3. The van der Waals surface area contributed by atoms with E-state index in [9.17, 15) is 5.26 Å². The van der Waals surface area contributed by atoms with Crippen LogP contribution in [-0.2, 0) is 5.75 Å². The number of benzene rings is 3. The number of thioether (sulfide) groups is 1. The molecule has 4 rings (SSSR count). The van der Waals surface area contributed by atoms with Crippen LogP contribution in [0.15, 0.2) is 83.9 Å². The van der Waals surface area contributed by atoms with Crippen LogP contribution < -0.4 is 0 Å². The molecule has 1 aromatic heterocycles. The van der Waals surface area contributed by atoms with E-state index in [1.807, 2.05) is 66.7 Å². The average Bonchev–Trinajstić information content (AvgIpc) is 2.79. The molecule has 152 valence electrons. The third kappa shape index (κ3) is 4.78. The van der Waals surface area contributed by atoms with E-state index in [0.717, 1.165) is 27.9 Å². The monoisotopic (exact) mass is 460 g/mol. The molecule has 31 heavy (non-hydrogen) atoms. The number of halogens is 2. The Bertz CT molecular complexity index is 1280. The summed E-state index contributed by atoms with van der Waals surface area (Å²) in [6, 6.07) is 27.8. The van der Waals surface area contributed by atoms with Crippen molar-refractivity contribution in [3.05, 3.63) is 106 Å². The second kappa shape index (κ2) is 9.58. The van der Waals surface area contributed by atoms with Gasteiger partial charge in [-0.1, -0.05) is 89.4 Å². The van der Waals surface area contributed by atoms with Crippen molar-refractivity contribution >= 4 is 35.0 Å². The lowest BCUT2D eigenvalue weighted by Crippen LogP contribution is -1.97. The summed E-state index contributed by atoms with van der Waals surface area (Å²) in [5.41, 5.74) is 6.08. The Morgan fingerprint density at radius 1 is 0.871 bits per heavy atom. The quantitative estimate of drug-likeness (QED) is 0.281. The molecule has 0 unspecified atom stereocenters. The van der Waals surface area contributed by atoms with Gasteiger partial charge in [0.1, 0.15) is 11.1 Å². The first-order chi connectivity index (χ1) is 15.1. The number of rotatable bonds is 5. The van der Waals surface area contributed by atoms with Gasteiger partial charge in [0.15, 0.2) is 0 Å². The van der Waals surface area contributed by atoms with Crippen molar-refractivity contribution < 1.29 is 0 Å². The number of nitriles is 1. The molecule has 0 bridgehead atoms. The van der Waals surface area contributed by atoms with E-state index in [2.05, 4.69) is 25.1 Å². The molecule has 0 saturated heterocycles. The van der Waals surface area contributed by atoms with Crippen LogP contribution in [0.5, 0.6) is 0 Å². The maximum absolute atomic E-state index is 10.0. The summed E-state index contributed by atoms with van der Waals surface area (Å²) in [5.74, 6) is 0.612. The SMILES string of the molecule is Cc1ccc(-c2cc(-c3ccccc3Cl)c(C#N)c(SCc3ccccc3Cl)n2)cc1. The summed E-state index contributed by atoms with van der Waals surface area (Å²) in [6.07, 6.45) is 0. The largest absolute Gasteiger partial charge is 0.240 e. The van der Waals surface area contributed by atoms with Gasteiger partial charge >= 0.3 is 0 Å². The number of nitrogens with zero attached hydrogens (tertiary/aromatic N) is 2. The van der Waals surface area contributed by atoms with Crippen LogP contribution in [0.1, 0.15) is 16.7 Å². The first-order valence-corrected chi connectivity index (χ1v) is 11.4. The van der Waals surface area contributed by atoms with Gasteiger partial charge in [-0.15, -0.1) is 11.8 Å². The molecular formula is C26H18Cl2N2S. The predicted octanol–water partition coefficient (Wildman–Crippen LogP) is 8.19. The Balaban J connectivity index is 1.86. The molecule has 1 heterocycles. The van der Waals surface area contributed by atoms with Crippen LogP contribution in [0.4, 0.5) is 0 Å². The second-order valence-electron chi connectivity index (χ2n) is 7.07. The molecule has 2 nitrogen and oxygen atoms in total. The van der Waals surface area contributed by atoms with Crippen molar-refractivity contribution in [2.75, 3.05) is 0 Å². The second-order valence-corrected chi connectivity index (χ2v) is 8.85. The molecular weight excluding hydrogens is 443 g/mol. The number of aryl methyl sites for hydroxylation is 1. The van der Waals surface area contributed by atoms with Gasteiger partial charge in [0, 0.05) is 32.5 Å². The minimum Gasteiger partial charge on any atom is -0.240 e. The van der Waals surface area contributed by atoms with E-state index >= 15 is 0 Å². The van der Waals surface area contributed by atoms with Gasteiger partial charge < -0.3 is 0 Å². The van der Waals surface area contributed by atoms with Crippen molar-refractivity contribution in [1.29, 1.82) is 5.26 Å². The number of aromatic nitrogens is 1. The maximum atomic E-state index is 10.0. The molecule has 0 saturated carbocycles. The van der Waals surface area contributed by atoms with Crippen molar-refractivity contribution in [3.63, 3.8) is 0 Å². The highest BCUT2D eigenvalue weighted by Gasteiger charge is 2.18. The third-order valence-corrected chi connectivity index (χ3v) is 6.65. The first-order valence-electron chi connectivity index (χ1n) is 9.70.